The first kappa shape index (κ1) is 16.0. The Labute approximate surface area is 127 Å². The summed E-state index contributed by atoms with van der Waals surface area (Å²) in [4.78, 5) is 4.65. The average molecular weight is 289 g/mol. The standard InChI is InChI=1S/C17H27N3O/c1-12(2)16(21)17(3,4)11-18-10-15-19-13-8-6-7-9-14(13)20(15)5/h6-9,12,16,18,21H,10-11H2,1-5H3. The molecule has 0 radical (unpaired) electrons. The molecule has 116 valence electrons. The van der Waals surface area contributed by atoms with E-state index < -0.39 is 0 Å². The third-order valence-corrected chi connectivity index (χ3v) is 4.18. The van der Waals surface area contributed by atoms with Crippen molar-refractivity contribution in [2.75, 3.05) is 6.54 Å². The smallest absolute Gasteiger partial charge is 0.123 e. The van der Waals surface area contributed by atoms with E-state index in [-0.39, 0.29) is 17.4 Å². The molecule has 0 bridgehead atoms. The molecule has 0 saturated carbocycles. The molecule has 0 amide bonds. The molecule has 21 heavy (non-hydrogen) atoms. The Hall–Kier alpha value is -1.39. The first-order valence-electron chi connectivity index (χ1n) is 7.62. The summed E-state index contributed by atoms with van der Waals surface area (Å²) in [6, 6.07) is 8.15. The van der Waals surface area contributed by atoms with Gasteiger partial charge in [-0.15, -0.1) is 0 Å². The van der Waals surface area contributed by atoms with Crippen molar-refractivity contribution in [1.82, 2.24) is 14.9 Å². The first-order chi connectivity index (χ1) is 9.83. The quantitative estimate of drug-likeness (QED) is 0.859. The van der Waals surface area contributed by atoms with Crippen LogP contribution in [-0.2, 0) is 13.6 Å². The highest BCUT2D eigenvalue weighted by molar-refractivity contribution is 5.75. The topological polar surface area (TPSA) is 50.1 Å². The number of aliphatic hydroxyl groups is 1. The van der Waals surface area contributed by atoms with E-state index in [4.69, 9.17) is 0 Å². The number of aromatic nitrogens is 2. The summed E-state index contributed by atoms with van der Waals surface area (Å²) in [6.07, 6.45) is -0.314. The highest BCUT2D eigenvalue weighted by atomic mass is 16.3. The number of aryl methyl sites for hydroxylation is 1. The van der Waals surface area contributed by atoms with Gasteiger partial charge in [-0.25, -0.2) is 4.98 Å². The summed E-state index contributed by atoms with van der Waals surface area (Å²) < 4.78 is 2.12. The van der Waals surface area contributed by atoms with Crippen molar-refractivity contribution >= 4 is 11.0 Å². The van der Waals surface area contributed by atoms with Crippen LogP contribution in [0.2, 0.25) is 0 Å². The predicted molar refractivity (Wildman–Crippen MR) is 87.0 cm³/mol. The Kier molecular flexibility index (Phi) is 4.69. The summed E-state index contributed by atoms with van der Waals surface area (Å²) in [6.45, 7) is 9.77. The fourth-order valence-electron chi connectivity index (χ4n) is 2.86. The van der Waals surface area contributed by atoms with Crippen LogP contribution in [0, 0.1) is 11.3 Å². The summed E-state index contributed by atoms with van der Waals surface area (Å²) in [5, 5.41) is 13.7. The second-order valence-electron chi connectivity index (χ2n) is 6.86. The number of nitrogens with one attached hydrogen (secondary N) is 1. The SMILES string of the molecule is CC(C)C(O)C(C)(C)CNCc1nc2ccccc2n1C. The van der Waals surface area contributed by atoms with Crippen LogP contribution in [0.5, 0.6) is 0 Å². The van der Waals surface area contributed by atoms with Gasteiger partial charge in [0.2, 0.25) is 0 Å². The lowest BCUT2D eigenvalue weighted by Gasteiger charge is -2.33. The maximum atomic E-state index is 10.3. The predicted octanol–water partition coefficient (Wildman–Crippen LogP) is 2.71. The average Bonchev–Trinajstić information content (AvgIpc) is 2.75. The lowest BCUT2D eigenvalue weighted by molar-refractivity contribution is 0.0133. The van der Waals surface area contributed by atoms with Crippen molar-refractivity contribution < 1.29 is 5.11 Å². The molecular weight excluding hydrogens is 262 g/mol. The third kappa shape index (κ3) is 3.44. The molecule has 2 rings (SSSR count). The van der Waals surface area contributed by atoms with Crippen molar-refractivity contribution in [3.05, 3.63) is 30.1 Å². The van der Waals surface area contributed by atoms with E-state index >= 15 is 0 Å². The Morgan fingerprint density at radius 2 is 1.95 bits per heavy atom. The lowest BCUT2D eigenvalue weighted by Crippen LogP contribution is -2.41. The second-order valence-corrected chi connectivity index (χ2v) is 6.86. The number of hydrogen-bond acceptors (Lipinski definition) is 3. The molecule has 1 aromatic heterocycles. The van der Waals surface area contributed by atoms with Crippen LogP contribution in [0.1, 0.15) is 33.5 Å². The number of imidazole rings is 1. The van der Waals surface area contributed by atoms with Gasteiger partial charge in [0.1, 0.15) is 5.82 Å². The van der Waals surface area contributed by atoms with Crippen molar-refractivity contribution in [2.45, 2.75) is 40.3 Å². The molecule has 1 atom stereocenters. The fourth-order valence-corrected chi connectivity index (χ4v) is 2.86. The summed E-state index contributed by atoms with van der Waals surface area (Å²) >= 11 is 0. The maximum absolute atomic E-state index is 10.3. The monoisotopic (exact) mass is 289 g/mol. The lowest BCUT2D eigenvalue weighted by atomic mass is 9.81. The largest absolute Gasteiger partial charge is 0.392 e. The molecule has 1 unspecified atom stereocenters. The van der Waals surface area contributed by atoms with E-state index in [2.05, 4.69) is 48.6 Å². The Morgan fingerprint density at radius 3 is 2.57 bits per heavy atom. The number of hydrogen-bond donors (Lipinski definition) is 2. The third-order valence-electron chi connectivity index (χ3n) is 4.18. The molecule has 0 aliphatic rings. The zero-order valence-electron chi connectivity index (χ0n) is 13.7. The zero-order valence-corrected chi connectivity index (χ0v) is 13.7. The maximum Gasteiger partial charge on any atom is 0.123 e. The number of fused-ring (bicyclic) bond motifs is 1. The van der Waals surface area contributed by atoms with Gasteiger partial charge in [0.25, 0.3) is 0 Å². The van der Waals surface area contributed by atoms with Crippen LogP contribution in [-0.4, -0.2) is 27.3 Å². The molecule has 4 heteroatoms. The van der Waals surface area contributed by atoms with Crippen LogP contribution < -0.4 is 5.32 Å². The van der Waals surface area contributed by atoms with Crippen molar-refractivity contribution in [1.29, 1.82) is 0 Å². The van der Waals surface area contributed by atoms with E-state index in [9.17, 15) is 5.11 Å². The van der Waals surface area contributed by atoms with E-state index in [1.165, 1.54) is 0 Å². The van der Waals surface area contributed by atoms with Gasteiger partial charge in [-0.3, -0.25) is 0 Å². The normalized spacial score (nSPS) is 14.0. The molecular formula is C17H27N3O. The van der Waals surface area contributed by atoms with Gasteiger partial charge in [-0.05, 0) is 18.1 Å². The highest BCUT2D eigenvalue weighted by Crippen LogP contribution is 2.25. The summed E-state index contributed by atoms with van der Waals surface area (Å²) in [7, 11) is 2.04. The van der Waals surface area contributed by atoms with Crippen LogP contribution in [0.3, 0.4) is 0 Å². The molecule has 0 saturated heterocycles. The van der Waals surface area contributed by atoms with Gasteiger partial charge in [0.15, 0.2) is 0 Å². The molecule has 1 aromatic carbocycles. The van der Waals surface area contributed by atoms with Gasteiger partial charge in [-0.1, -0.05) is 39.8 Å². The Morgan fingerprint density at radius 1 is 1.29 bits per heavy atom. The van der Waals surface area contributed by atoms with Crippen LogP contribution in [0.15, 0.2) is 24.3 Å². The highest BCUT2D eigenvalue weighted by Gasteiger charge is 2.29. The molecule has 0 spiro atoms. The van der Waals surface area contributed by atoms with Gasteiger partial charge >= 0.3 is 0 Å². The fraction of sp³-hybridized carbons (Fsp3) is 0.588. The Balaban J connectivity index is 2.01. The molecule has 0 aliphatic heterocycles. The first-order valence-corrected chi connectivity index (χ1v) is 7.62. The van der Waals surface area contributed by atoms with Gasteiger partial charge in [-0.2, -0.15) is 0 Å². The minimum absolute atomic E-state index is 0.154. The van der Waals surface area contributed by atoms with E-state index in [0.29, 0.717) is 6.54 Å². The van der Waals surface area contributed by atoms with Crippen LogP contribution in [0.4, 0.5) is 0 Å². The molecule has 0 aliphatic carbocycles. The number of benzene rings is 1. The van der Waals surface area contributed by atoms with Crippen LogP contribution in [0.25, 0.3) is 11.0 Å². The molecule has 0 fully saturated rings. The second kappa shape index (κ2) is 6.16. The van der Waals surface area contributed by atoms with Crippen molar-refractivity contribution in [3.63, 3.8) is 0 Å². The summed E-state index contributed by atoms with van der Waals surface area (Å²) in [5.41, 5.74) is 2.02. The number of nitrogens with zero attached hydrogens (tertiary/aromatic N) is 2. The Bertz CT molecular complexity index is 601. The van der Waals surface area contributed by atoms with E-state index in [0.717, 1.165) is 23.4 Å². The van der Waals surface area contributed by atoms with Gasteiger partial charge < -0.3 is 15.0 Å². The molecule has 2 N–H and O–H groups in total. The summed E-state index contributed by atoms with van der Waals surface area (Å²) in [5.74, 6) is 1.28. The van der Waals surface area contributed by atoms with Crippen molar-refractivity contribution in [2.24, 2.45) is 18.4 Å². The minimum Gasteiger partial charge on any atom is -0.392 e. The van der Waals surface area contributed by atoms with Crippen LogP contribution >= 0.6 is 0 Å². The number of para-hydroxylation sites is 2. The molecule has 4 nitrogen and oxygen atoms in total. The number of aliphatic hydroxyl groups excluding tert-OH is 1. The van der Waals surface area contributed by atoms with Crippen molar-refractivity contribution in [3.8, 4) is 0 Å². The molecule has 1 heterocycles. The number of rotatable bonds is 6. The van der Waals surface area contributed by atoms with E-state index in [1.807, 2.05) is 25.2 Å². The van der Waals surface area contributed by atoms with Gasteiger partial charge in [0.05, 0.1) is 23.7 Å². The van der Waals surface area contributed by atoms with E-state index in [1.54, 1.807) is 0 Å². The minimum atomic E-state index is -0.314. The molecule has 2 aromatic rings. The van der Waals surface area contributed by atoms with Gasteiger partial charge in [0, 0.05) is 19.0 Å². The zero-order chi connectivity index (χ0) is 15.6.